The lowest BCUT2D eigenvalue weighted by atomic mass is 10.1. The van der Waals surface area contributed by atoms with Crippen molar-refractivity contribution >= 4 is 28.3 Å². The lowest BCUT2D eigenvalue weighted by Gasteiger charge is -2.15. The Morgan fingerprint density at radius 1 is 1.23 bits per heavy atom. The highest BCUT2D eigenvalue weighted by Gasteiger charge is 2.46. The van der Waals surface area contributed by atoms with Gasteiger partial charge in [-0.3, -0.25) is 14.9 Å². The highest BCUT2D eigenvalue weighted by Crippen LogP contribution is 2.45. The molecule has 0 amide bonds. The number of carbonyl (C=O) groups excluding carboxylic acids is 1. The SMILES string of the molecule is O=C(CN1C[S+]([O-])c2c1cc([N+](=O)[O-])cc2C(F)(F)F)c1ccccc1. The molecule has 0 spiro atoms. The van der Waals surface area contributed by atoms with Crippen LogP contribution in [-0.4, -0.2) is 27.7 Å². The normalized spacial score (nSPS) is 16.5. The summed E-state index contributed by atoms with van der Waals surface area (Å²) in [5.41, 5.74) is -1.94. The van der Waals surface area contributed by atoms with Crippen molar-refractivity contribution < 1.29 is 27.4 Å². The standard InChI is InChI=1S/C16H11F3N2O4S/c17-16(18,19)12-6-11(21(23)24)7-13-15(12)26(25)9-20(13)8-14(22)10-4-2-1-3-5-10/h1-7H,8-9H2. The first-order valence-electron chi connectivity index (χ1n) is 7.29. The van der Waals surface area contributed by atoms with Crippen LogP contribution in [0.25, 0.3) is 0 Å². The molecular weight excluding hydrogens is 373 g/mol. The molecule has 1 aliphatic rings. The van der Waals surface area contributed by atoms with Crippen molar-refractivity contribution in [3.63, 3.8) is 0 Å². The van der Waals surface area contributed by atoms with Crippen LogP contribution in [0.2, 0.25) is 0 Å². The third-order valence-electron chi connectivity index (χ3n) is 3.84. The zero-order valence-corrected chi connectivity index (χ0v) is 13.8. The van der Waals surface area contributed by atoms with E-state index in [1.807, 2.05) is 0 Å². The topological polar surface area (TPSA) is 86.5 Å². The molecule has 1 atom stereocenters. The number of alkyl halides is 3. The van der Waals surface area contributed by atoms with Crippen molar-refractivity contribution in [3.05, 3.63) is 63.7 Å². The maximum Gasteiger partial charge on any atom is 0.421 e. The van der Waals surface area contributed by atoms with Gasteiger partial charge in [0.15, 0.2) is 16.6 Å². The first-order chi connectivity index (χ1) is 12.2. The third-order valence-corrected chi connectivity index (χ3v) is 5.27. The number of non-ortho nitro benzene ring substituents is 1. The van der Waals surface area contributed by atoms with Gasteiger partial charge in [-0.2, -0.15) is 13.2 Å². The van der Waals surface area contributed by atoms with E-state index in [4.69, 9.17) is 0 Å². The maximum atomic E-state index is 13.3. The summed E-state index contributed by atoms with van der Waals surface area (Å²) in [6.07, 6.45) is -4.90. The van der Waals surface area contributed by atoms with Gasteiger partial charge in [0.1, 0.15) is 11.3 Å². The highest BCUT2D eigenvalue weighted by molar-refractivity contribution is 7.92. The second-order valence-corrected chi connectivity index (χ2v) is 6.92. The summed E-state index contributed by atoms with van der Waals surface area (Å²) in [5, 5.41) is 11.0. The molecule has 26 heavy (non-hydrogen) atoms. The lowest BCUT2D eigenvalue weighted by Crippen LogP contribution is -2.29. The Hall–Kier alpha value is -2.59. The van der Waals surface area contributed by atoms with Gasteiger partial charge in [-0.05, 0) is 0 Å². The van der Waals surface area contributed by atoms with Crippen LogP contribution in [0.3, 0.4) is 0 Å². The molecule has 1 aliphatic heterocycles. The summed E-state index contributed by atoms with van der Waals surface area (Å²) >= 11 is -2.05. The number of carbonyl (C=O) groups is 1. The molecule has 0 bridgehead atoms. The summed E-state index contributed by atoms with van der Waals surface area (Å²) in [5.74, 6) is -0.728. The van der Waals surface area contributed by atoms with Gasteiger partial charge < -0.3 is 9.45 Å². The Morgan fingerprint density at radius 2 is 1.88 bits per heavy atom. The molecule has 1 heterocycles. The van der Waals surface area contributed by atoms with Crippen LogP contribution in [0.15, 0.2) is 47.4 Å². The number of nitro benzene ring substituents is 1. The number of halogens is 3. The average molecular weight is 384 g/mol. The number of nitro groups is 1. The minimum atomic E-state index is -4.90. The summed E-state index contributed by atoms with van der Waals surface area (Å²) < 4.78 is 52.0. The van der Waals surface area contributed by atoms with Crippen LogP contribution >= 0.6 is 0 Å². The van der Waals surface area contributed by atoms with Crippen molar-refractivity contribution in [1.29, 1.82) is 0 Å². The molecule has 2 aromatic carbocycles. The minimum absolute atomic E-state index is 0.200. The number of nitrogens with zero attached hydrogens (tertiary/aromatic N) is 2. The van der Waals surface area contributed by atoms with Gasteiger partial charge in [0, 0.05) is 28.9 Å². The van der Waals surface area contributed by atoms with Gasteiger partial charge in [-0.15, -0.1) is 0 Å². The molecule has 1 unspecified atom stereocenters. The van der Waals surface area contributed by atoms with Gasteiger partial charge in [0.25, 0.3) is 5.69 Å². The molecule has 0 aromatic heterocycles. The molecule has 136 valence electrons. The molecule has 0 N–H and O–H groups in total. The summed E-state index contributed by atoms with van der Waals surface area (Å²) in [6.45, 7) is -0.332. The smallest absolute Gasteiger partial charge is 0.421 e. The maximum absolute atomic E-state index is 13.3. The molecule has 0 aliphatic carbocycles. The zero-order chi connectivity index (χ0) is 19.1. The van der Waals surface area contributed by atoms with E-state index in [0.717, 1.165) is 6.07 Å². The largest absolute Gasteiger partial charge is 0.610 e. The minimum Gasteiger partial charge on any atom is -0.610 e. The number of anilines is 1. The van der Waals surface area contributed by atoms with Crippen molar-refractivity contribution in [3.8, 4) is 0 Å². The van der Waals surface area contributed by atoms with E-state index in [2.05, 4.69) is 0 Å². The van der Waals surface area contributed by atoms with Gasteiger partial charge in [0.05, 0.1) is 11.5 Å². The first-order valence-corrected chi connectivity index (χ1v) is 8.61. The molecule has 10 heteroatoms. The van der Waals surface area contributed by atoms with Crippen LogP contribution in [0.4, 0.5) is 24.5 Å². The Bertz CT molecular complexity index is 874. The van der Waals surface area contributed by atoms with E-state index in [1.54, 1.807) is 30.3 Å². The van der Waals surface area contributed by atoms with Crippen LogP contribution in [0, 0.1) is 10.1 Å². The summed E-state index contributed by atoms with van der Waals surface area (Å²) in [7, 11) is 0. The Labute approximate surface area is 148 Å². The fourth-order valence-electron chi connectivity index (χ4n) is 2.68. The molecule has 0 saturated heterocycles. The first kappa shape index (κ1) is 18.2. The average Bonchev–Trinajstić information content (AvgIpc) is 2.90. The van der Waals surface area contributed by atoms with E-state index in [1.165, 1.54) is 4.90 Å². The summed E-state index contributed by atoms with van der Waals surface area (Å²) in [4.78, 5) is 23.0. The van der Waals surface area contributed by atoms with Gasteiger partial charge >= 0.3 is 6.18 Å². The number of ketones is 1. The Morgan fingerprint density at radius 3 is 2.46 bits per heavy atom. The molecule has 0 radical (unpaired) electrons. The molecule has 0 fully saturated rings. The molecule has 3 rings (SSSR count). The number of rotatable bonds is 4. The van der Waals surface area contributed by atoms with Gasteiger partial charge in [-0.25, -0.2) is 0 Å². The quantitative estimate of drug-likeness (QED) is 0.349. The predicted molar refractivity (Wildman–Crippen MR) is 87.5 cm³/mol. The Balaban J connectivity index is 2.03. The van der Waals surface area contributed by atoms with Gasteiger partial charge in [0.2, 0.25) is 0 Å². The van der Waals surface area contributed by atoms with E-state index in [9.17, 15) is 32.6 Å². The van der Waals surface area contributed by atoms with Crippen molar-refractivity contribution in [2.75, 3.05) is 17.3 Å². The van der Waals surface area contributed by atoms with Crippen LogP contribution in [-0.2, 0) is 17.4 Å². The fraction of sp³-hybridized carbons (Fsp3) is 0.188. The number of Topliss-reactive ketones (excluding diaryl/α,β-unsaturated/α-hetero) is 1. The van der Waals surface area contributed by atoms with Gasteiger partial charge in [-0.1, -0.05) is 30.3 Å². The molecular formula is C16H11F3N2O4S. The van der Waals surface area contributed by atoms with Crippen LogP contribution in [0.1, 0.15) is 15.9 Å². The second kappa shape index (κ2) is 6.61. The summed E-state index contributed by atoms with van der Waals surface area (Å²) in [6, 6.07) is 9.37. The number of benzene rings is 2. The van der Waals surface area contributed by atoms with E-state index in [0.29, 0.717) is 11.6 Å². The molecule has 2 aromatic rings. The van der Waals surface area contributed by atoms with Crippen LogP contribution in [0.5, 0.6) is 0 Å². The molecule has 0 saturated carbocycles. The van der Waals surface area contributed by atoms with Crippen molar-refractivity contribution in [2.45, 2.75) is 11.1 Å². The van der Waals surface area contributed by atoms with Crippen molar-refractivity contribution in [2.24, 2.45) is 0 Å². The van der Waals surface area contributed by atoms with Crippen LogP contribution < -0.4 is 4.90 Å². The van der Waals surface area contributed by atoms with E-state index in [-0.39, 0.29) is 18.1 Å². The fourth-order valence-corrected chi connectivity index (χ4v) is 4.17. The predicted octanol–water partition coefficient (Wildman–Crippen LogP) is 3.38. The van der Waals surface area contributed by atoms with E-state index >= 15 is 0 Å². The number of hydrogen-bond acceptors (Lipinski definition) is 5. The second-order valence-electron chi connectivity index (χ2n) is 5.56. The lowest BCUT2D eigenvalue weighted by molar-refractivity contribution is -0.385. The molecule has 6 nitrogen and oxygen atoms in total. The Kier molecular flexibility index (Phi) is 4.63. The number of fused-ring (bicyclic) bond motifs is 1. The number of hydrogen-bond donors (Lipinski definition) is 0. The zero-order valence-electron chi connectivity index (χ0n) is 13.0. The van der Waals surface area contributed by atoms with Crippen molar-refractivity contribution in [1.82, 2.24) is 0 Å². The highest BCUT2D eigenvalue weighted by atomic mass is 32.2. The monoisotopic (exact) mass is 384 g/mol. The third kappa shape index (κ3) is 3.37. The van der Waals surface area contributed by atoms with E-state index < -0.39 is 44.2 Å².